The topological polar surface area (TPSA) is 106 Å². The molecule has 0 aliphatic rings. The summed E-state index contributed by atoms with van der Waals surface area (Å²) in [5.41, 5.74) is 2.70. The largest absolute Gasteiger partial charge is 0.493 e. The van der Waals surface area contributed by atoms with E-state index in [2.05, 4.69) is 115 Å². The Hall–Kier alpha value is -9.24. The molecule has 0 N–H and O–H groups in total. The summed E-state index contributed by atoms with van der Waals surface area (Å²) >= 11 is 7.16. The Labute approximate surface area is 414 Å². The second-order valence-electron chi connectivity index (χ2n) is 15.4. The van der Waals surface area contributed by atoms with E-state index in [0.717, 1.165) is 8.95 Å². The number of imidazole rings is 2. The number of halogens is 2. The molecular formula is C58H26Br2N4O6. The molecule has 0 aliphatic carbocycles. The highest BCUT2D eigenvalue weighted by molar-refractivity contribution is 9.10. The van der Waals surface area contributed by atoms with E-state index >= 15 is 9.59 Å². The van der Waals surface area contributed by atoms with E-state index in [-0.39, 0.29) is 37.5 Å². The van der Waals surface area contributed by atoms with Crippen molar-refractivity contribution < 1.29 is 18.9 Å². The molecule has 0 bridgehead atoms. The Morgan fingerprint density at radius 3 is 1.24 bits per heavy atom. The molecule has 4 heterocycles. The number of fused-ring (bicyclic) bond motifs is 10. The van der Waals surface area contributed by atoms with Gasteiger partial charge in [0.05, 0.1) is 46.1 Å². The zero-order valence-electron chi connectivity index (χ0n) is 36.8. The average Bonchev–Trinajstić information content (AvgIpc) is 3.93. The van der Waals surface area contributed by atoms with E-state index in [0.29, 0.717) is 121 Å². The van der Waals surface area contributed by atoms with Crippen molar-refractivity contribution in [3.8, 4) is 119 Å². The number of terminal acetylenes is 2. The standard InChI is InChI=1S/C58H26Br2N4O6/c1-5-9-11-13-15-17-19-25-69-45-30-36-48-38(58(66)64-42-24-22-34(60)28-40(42)62-56(36)64)32-46(70-26-20-18-16-14-12-10-6-2)52-49-43(67-7-3)29-35-47-37(31-44(68-8-4)50(53(47)49)51(45)54(48)52)57(65)63-41-23-21-33(59)27-39(41)61-55(35)63/h1-2,21-24,27-32H,7-8,25-26H2,3-4H3. The molecule has 0 amide bonds. The van der Waals surface area contributed by atoms with Crippen LogP contribution < -0.4 is 30.1 Å². The van der Waals surface area contributed by atoms with Gasteiger partial charge in [0, 0.05) is 62.8 Å². The van der Waals surface area contributed by atoms with E-state index in [1.54, 1.807) is 20.9 Å². The Bertz CT molecular complexity index is 4750. The van der Waals surface area contributed by atoms with Crippen LogP contribution in [0, 0.1) is 95.7 Å². The van der Waals surface area contributed by atoms with Gasteiger partial charge in [-0.1, -0.05) is 31.9 Å². The van der Waals surface area contributed by atoms with Crippen LogP contribution in [0.3, 0.4) is 0 Å². The maximum atomic E-state index is 15.2. The van der Waals surface area contributed by atoms with Gasteiger partial charge in [-0.3, -0.25) is 18.4 Å². The fourth-order valence-corrected chi connectivity index (χ4v) is 10.1. The number of nitrogens with zero attached hydrogens (tertiary/aromatic N) is 4. The van der Waals surface area contributed by atoms with Gasteiger partial charge < -0.3 is 18.9 Å². The molecule has 0 fully saturated rings. The smallest absolute Gasteiger partial charge is 0.264 e. The van der Waals surface area contributed by atoms with Crippen molar-refractivity contribution in [2.75, 3.05) is 26.4 Å². The molecule has 0 atom stereocenters. The maximum Gasteiger partial charge on any atom is 0.264 e. The number of benzene rings is 7. The molecule has 0 unspecified atom stereocenters. The average molecular weight is 1030 g/mol. The summed E-state index contributed by atoms with van der Waals surface area (Å²) in [6.07, 6.45) is 10.5. The molecule has 0 saturated heterocycles. The molecule has 0 spiro atoms. The number of hydrogen-bond acceptors (Lipinski definition) is 8. The summed E-state index contributed by atoms with van der Waals surface area (Å²) < 4.78 is 31.6. The molecule has 4 aromatic heterocycles. The van der Waals surface area contributed by atoms with Crippen LogP contribution in [0.25, 0.3) is 98.0 Å². The molecule has 0 radical (unpaired) electrons. The van der Waals surface area contributed by atoms with Crippen molar-refractivity contribution in [2.45, 2.75) is 13.8 Å². The first kappa shape index (κ1) is 43.3. The summed E-state index contributed by atoms with van der Waals surface area (Å²) in [5, 5.41) is 6.79. The first-order valence-electron chi connectivity index (χ1n) is 21.5. The fourth-order valence-electron chi connectivity index (χ4n) is 9.39. The van der Waals surface area contributed by atoms with Gasteiger partial charge in [0.1, 0.15) is 47.5 Å². The Kier molecular flexibility index (Phi) is 10.8. The summed E-state index contributed by atoms with van der Waals surface area (Å²) in [7, 11) is 0. The highest BCUT2D eigenvalue weighted by atomic mass is 79.9. The molecule has 70 heavy (non-hydrogen) atoms. The number of rotatable bonds is 8. The number of hydrogen-bond donors (Lipinski definition) is 0. The lowest BCUT2D eigenvalue weighted by atomic mass is 9.84. The molecule has 12 heteroatoms. The third kappa shape index (κ3) is 6.72. The van der Waals surface area contributed by atoms with Gasteiger partial charge in [0.2, 0.25) is 0 Å². The van der Waals surface area contributed by atoms with Crippen molar-refractivity contribution in [2.24, 2.45) is 0 Å². The highest BCUT2D eigenvalue weighted by Gasteiger charge is 2.32. The number of aromatic nitrogens is 4. The van der Waals surface area contributed by atoms with Gasteiger partial charge in [-0.05, 0) is 157 Å². The van der Waals surface area contributed by atoms with E-state index in [1.165, 1.54) is 0 Å². The minimum atomic E-state index is -0.327. The quantitative estimate of drug-likeness (QED) is 0.0843. The molecular weight excluding hydrogens is 1010 g/mol. The van der Waals surface area contributed by atoms with Crippen molar-refractivity contribution in [1.29, 1.82) is 0 Å². The minimum absolute atomic E-state index is 0.113. The van der Waals surface area contributed by atoms with Gasteiger partial charge in [0.25, 0.3) is 11.1 Å². The molecule has 11 rings (SSSR count). The zero-order valence-corrected chi connectivity index (χ0v) is 39.9. The summed E-state index contributed by atoms with van der Waals surface area (Å²) in [6.45, 7) is 4.03. The lowest BCUT2D eigenvalue weighted by Crippen LogP contribution is -2.15. The van der Waals surface area contributed by atoms with Gasteiger partial charge in [0.15, 0.2) is 0 Å². The first-order chi connectivity index (χ1) is 34.3. The van der Waals surface area contributed by atoms with Crippen LogP contribution in [0.1, 0.15) is 13.8 Å². The second kappa shape index (κ2) is 17.4. The van der Waals surface area contributed by atoms with Crippen molar-refractivity contribution in [1.82, 2.24) is 18.8 Å². The minimum Gasteiger partial charge on any atom is -0.493 e. The SMILES string of the molecule is C#CC#CC#CC#CCOc1cc2c(=O)n3c4ccc(Br)cc4nc3c3cc(OCC#CC#CC#CC#C)c4c5c(OCC)cc6c(=O)n7c8ccc(Br)cc8nc7c7cc(OCC)c(c1c4c23)c5c67. The number of pyridine rings is 2. The predicted molar refractivity (Wildman–Crippen MR) is 283 cm³/mol. The molecule has 11 aromatic rings. The third-order valence-corrected chi connectivity index (χ3v) is 12.8. The Balaban J connectivity index is 1.37. The van der Waals surface area contributed by atoms with Crippen LogP contribution in [0.4, 0.5) is 0 Å². The second-order valence-corrected chi connectivity index (χ2v) is 17.3. The molecule has 0 aliphatic heterocycles. The van der Waals surface area contributed by atoms with Crippen LogP contribution in [-0.4, -0.2) is 45.2 Å². The molecule has 0 saturated carbocycles. The van der Waals surface area contributed by atoms with Crippen molar-refractivity contribution >= 4 is 130 Å². The zero-order chi connectivity index (χ0) is 48.2. The molecule has 328 valence electrons. The lowest BCUT2D eigenvalue weighted by Gasteiger charge is -2.24. The summed E-state index contributed by atoms with van der Waals surface area (Å²) in [6, 6.07) is 18.5. The molecule has 10 nitrogen and oxygen atoms in total. The van der Waals surface area contributed by atoms with E-state index < -0.39 is 0 Å². The fraction of sp³-hybridized carbons (Fsp3) is 0.103. The number of ether oxygens (including phenoxy) is 4. The van der Waals surface area contributed by atoms with Crippen LogP contribution in [0.2, 0.25) is 0 Å². The normalized spacial score (nSPS) is 10.8. The predicted octanol–water partition coefficient (Wildman–Crippen LogP) is 9.61. The van der Waals surface area contributed by atoms with Crippen molar-refractivity contribution in [3.63, 3.8) is 0 Å². The van der Waals surface area contributed by atoms with Gasteiger partial charge in [-0.2, -0.15) is 0 Å². The van der Waals surface area contributed by atoms with Crippen LogP contribution in [0.15, 0.2) is 79.2 Å². The molecule has 7 aromatic carbocycles. The van der Waals surface area contributed by atoms with E-state index in [4.69, 9.17) is 41.8 Å². The Morgan fingerprint density at radius 2 is 0.843 bits per heavy atom. The van der Waals surface area contributed by atoms with Gasteiger partial charge in [-0.25, -0.2) is 9.97 Å². The lowest BCUT2D eigenvalue weighted by molar-refractivity contribution is 0.344. The van der Waals surface area contributed by atoms with E-state index in [9.17, 15) is 0 Å². The van der Waals surface area contributed by atoms with Gasteiger partial charge >= 0.3 is 0 Å². The third-order valence-electron chi connectivity index (χ3n) is 11.8. The van der Waals surface area contributed by atoms with E-state index in [1.807, 2.05) is 62.4 Å². The first-order valence-corrected chi connectivity index (χ1v) is 23.1. The monoisotopic (exact) mass is 1030 g/mol. The highest BCUT2D eigenvalue weighted by Crippen LogP contribution is 2.56. The maximum absolute atomic E-state index is 15.2. The summed E-state index contributed by atoms with van der Waals surface area (Å²) in [5.74, 6) is 38.1. The van der Waals surface area contributed by atoms with Crippen LogP contribution in [0.5, 0.6) is 23.0 Å². The van der Waals surface area contributed by atoms with Crippen LogP contribution >= 0.6 is 31.9 Å². The van der Waals surface area contributed by atoms with Crippen LogP contribution in [-0.2, 0) is 0 Å². The van der Waals surface area contributed by atoms with Gasteiger partial charge in [-0.15, -0.1) is 12.8 Å². The summed E-state index contributed by atoms with van der Waals surface area (Å²) in [4.78, 5) is 40.5. The van der Waals surface area contributed by atoms with Crippen molar-refractivity contribution in [3.05, 3.63) is 90.3 Å². The Morgan fingerprint density at radius 1 is 0.471 bits per heavy atom.